The van der Waals surface area contributed by atoms with Crippen LogP contribution in [-0.2, 0) is 0 Å². The van der Waals surface area contributed by atoms with E-state index in [1.165, 1.54) is 19.2 Å². The molecule has 17 heavy (non-hydrogen) atoms. The smallest absolute Gasteiger partial charge is 0.129 e. The van der Waals surface area contributed by atoms with E-state index >= 15 is 0 Å². The van der Waals surface area contributed by atoms with Gasteiger partial charge in [0.2, 0.25) is 0 Å². The van der Waals surface area contributed by atoms with E-state index in [0.717, 1.165) is 6.07 Å². The summed E-state index contributed by atoms with van der Waals surface area (Å²) in [7, 11) is 1.40. The third kappa shape index (κ3) is 3.32. The summed E-state index contributed by atoms with van der Waals surface area (Å²) in [5.41, 5.74) is 7.97. The molecule has 1 aromatic rings. The molecule has 1 aromatic carbocycles. The summed E-state index contributed by atoms with van der Waals surface area (Å²) in [5, 5.41) is 22.3. The van der Waals surface area contributed by atoms with Crippen LogP contribution >= 0.6 is 0 Å². The fourth-order valence-corrected chi connectivity index (χ4v) is 1.30. The van der Waals surface area contributed by atoms with Gasteiger partial charge in [-0.2, -0.15) is 0 Å². The number of azide groups is 1. The normalized spacial score (nSPS) is 13.6. The molecule has 0 amide bonds. The highest BCUT2D eigenvalue weighted by Crippen LogP contribution is 2.25. The first-order chi connectivity index (χ1) is 8.10. The molecule has 6 nitrogen and oxygen atoms in total. The van der Waals surface area contributed by atoms with Crippen LogP contribution in [0.15, 0.2) is 23.3 Å². The number of methoxy groups -OCH3 is 1. The molecule has 0 aliphatic rings. The molecular weight excluding hydrogens is 229 g/mol. The molecule has 2 atom stereocenters. The molecule has 0 aliphatic carbocycles. The Bertz CT molecular complexity index is 435. The topological polar surface area (TPSA) is 98.5 Å². The van der Waals surface area contributed by atoms with Crippen LogP contribution < -0.4 is 4.74 Å². The van der Waals surface area contributed by atoms with Crippen molar-refractivity contribution < 1.29 is 19.3 Å². The van der Waals surface area contributed by atoms with Gasteiger partial charge in [-0.25, -0.2) is 4.39 Å². The monoisotopic (exact) mass is 241 g/mol. The molecule has 0 fully saturated rings. The predicted molar refractivity (Wildman–Crippen MR) is 57.9 cm³/mol. The summed E-state index contributed by atoms with van der Waals surface area (Å²) < 4.78 is 18.3. The van der Waals surface area contributed by atoms with E-state index in [1.807, 2.05) is 0 Å². The molecule has 7 heteroatoms. The van der Waals surface area contributed by atoms with E-state index in [4.69, 9.17) is 10.3 Å². The van der Waals surface area contributed by atoms with E-state index in [2.05, 4.69) is 10.0 Å². The molecule has 92 valence electrons. The molecule has 0 spiro atoms. The highest BCUT2D eigenvalue weighted by molar-refractivity contribution is 5.31. The number of nitrogens with zero attached hydrogens (tertiary/aromatic N) is 3. The molecule has 0 heterocycles. The lowest BCUT2D eigenvalue weighted by atomic mass is 10.0. The SMILES string of the molecule is COc1ccc(F)c(C(O)C(O)CN=[N+]=[N-])c1. The number of aliphatic hydroxyl groups is 2. The molecule has 0 saturated heterocycles. The Kier molecular flexibility index (Phi) is 4.71. The van der Waals surface area contributed by atoms with Gasteiger partial charge in [0.25, 0.3) is 0 Å². The maximum absolute atomic E-state index is 13.4. The van der Waals surface area contributed by atoms with Crippen LogP contribution in [0.3, 0.4) is 0 Å². The Labute approximate surface area is 96.9 Å². The Morgan fingerprint density at radius 1 is 1.53 bits per heavy atom. The van der Waals surface area contributed by atoms with Crippen molar-refractivity contribution in [1.29, 1.82) is 0 Å². The number of rotatable bonds is 5. The van der Waals surface area contributed by atoms with E-state index in [1.54, 1.807) is 0 Å². The van der Waals surface area contributed by atoms with Gasteiger partial charge in [0.15, 0.2) is 0 Å². The Balaban J connectivity index is 2.93. The van der Waals surface area contributed by atoms with Crippen LogP contribution in [0.1, 0.15) is 11.7 Å². The van der Waals surface area contributed by atoms with Gasteiger partial charge in [-0.05, 0) is 23.7 Å². The average molecular weight is 241 g/mol. The molecule has 0 bridgehead atoms. The summed E-state index contributed by atoms with van der Waals surface area (Å²) >= 11 is 0. The van der Waals surface area contributed by atoms with Crippen molar-refractivity contribution in [1.82, 2.24) is 0 Å². The molecule has 0 radical (unpaired) electrons. The number of hydrogen-bond acceptors (Lipinski definition) is 4. The summed E-state index contributed by atoms with van der Waals surface area (Å²) in [6.07, 6.45) is -2.84. The second-order valence-electron chi connectivity index (χ2n) is 3.31. The van der Waals surface area contributed by atoms with Crippen molar-refractivity contribution >= 4 is 0 Å². The Hall–Kier alpha value is -1.82. The van der Waals surface area contributed by atoms with Crippen molar-refractivity contribution in [2.45, 2.75) is 12.2 Å². The summed E-state index contributed by atoms with van der Waals surface area (Å²) in [6, 6.07) is 3.79. The van der Waals surface area contributed by atoms with Crippen molar-refractivity contribution in [3.05, 3.63) is 40.0 Å². The van der Waals surface area contributed by atoms with E-state index in [-0.39, 0.29) is 12.1 Å². The second kappa shape index (κ2) is 6.05. The van der Waals surface area contributed by atoms with Gasteiger partial charge in [0.1, 0.15) is 17.7 Å². The third-order valence-electron chi connectivity index (χ3n) is 2.22. The summed E-state index contributed by atoms with van der Waals surface area (Å²) in [5.74, 6) is -0.310. The standard InChI is InChI=1S/C10H12FN3O3/c1-17-6-2-3-8(11)7(4-6)10(16)9(15)5-13-14-12/h2-4,9-10,15-16H,5H2,1H3. The van der Waals surface area contributed by atoms with Crippen LogP contribution in [0.5, 0.6) is 5.75 Å². The van der Waals surface area contributed by atoms with Gasteiger partial charge in [-0.15, -0.1) is 0 Å². The largest absolute Gasteiger partial charge is 0.497 e. The third-order valence-corrected chi connectivity index (χ3v) is 2.22. The Morgan fingerprint density at radius 3 is 2.82 bits per heavy atom. The van der Waals surface area contributed by atoms with Crippen LogP contribution in [0.25, 0.3) is 10.4 Å². The van der Waals surface area contributed by atoms with E-state index < -0.39 is 18.0 Å². The van der Waals surface area contributed by atoms with E-state index in [0.29, 0.717) is 5.75 Å². The summed E-state index contributed by atoms with van der Waals surface area (Å²) in [4.78, 5) is 2.44. The van der Waals surface area contributed by atoms with Crippen molar-refractivity contribution in [3.8, 4) is 5.75 Å². The lowest BCUT2D eigenvalue weighted by Gasteiger charge is -2.17. The fraction of sp³-hybridized carbons (Fsp3) is 0.400. The zero-order valence-electron chi connectivity index (χ0n) is 9.12. The number of aliphatic hydroxyl groups excluding tert-OH is 2. The van der Waals surface area contributed by atoms with Crippen molar-refractivity contribution in [2.24, 2.45) is 5.11 Å². The van der Waals surface area contributed by atoms with Gasteiger partial charge >= 0.3 is 0 Å². The minimum atomic E-state index is -1.48. The van der Waals surface area contributed by atoms with Crippen molar-refractivity contribution in [2.75, 3.05) is 13.7 Å². The van der Waals surface area contributed by atoms with Crippen LogP contribution in [-0.4, -0.2) is 30.0 Å². The first kappa shape index (κ1) is 13.2. The van der Waals surface area contributed by atoms with Crippen LogP contribution in [0.4, 0.5) is 4.39 Å². The average Bonchev–Trinajstić information content (AvgIpc) is 2.35. The highest BCUT2D eigenvalue weighted by Gasteiger charge is 2.21. The fourth-order valence-electron chi connectivity index (χ4n) is 1.30. The molecule has 2 N–H and O–H groups in total. The molecule has 1 rings (SSSR count). The van der Waals surface area contributed by atoms with Gasteiger partial charge < -0.3 is 14.9 Å². The minimum absolute atomic E-state index is 0.106. The molecular formula is C10H12FN3O3. The molecule has 0 aromatic heterocycles. The lowest BCUT2D eigenvalue weighted by Crippen LogP contribution is -2.22. The zero-order valence-corrected chi connectivity index (χ0v) is 9.12. The minimum Gasteiger partial charge on any atom is -0.497 e. The number of ether oxygens (including phenoxy) is 1. The Morgan fingerprint density at radius 2 is 2.24 bits per heavy atom. The molecule has 0 saturated carbocycles. The first-order valence-electron chi connectivity index (χ1n) is 4.80. The van der Waals surface area contributed by atoms with Crippen LogP contribution in [0, 0.1) is 5.82 Å². The lowest BCUT2D eigenvalue weighted by molar-refractivity contribution is 0.0221. The number of benzene rings is 1. The number of halogens is 1. The zero-order chi connectivity index (χ0) is 12.8. The van der Waals surface area contributed by atoms with Gasteiger partial charge in [0, 0.05) is 10.5 Å². The molecule has 2 unspecified atom stereocenters. The number of hydrogen-bond donors (Lipinski definition) is 2. The van der Waals surface area contributed by atoms with Crippen LogP contribution in [0.2, 0.25) is 0 Å². The maximum atomic E-state index is 13.4. The van der Waals surface area contributed by atoms with Crippen molar-refractivity contribution in [3.63, 3.8) is 0 Å². The predicted octanol–water partition coefficient (Wildman–Crippen LogP) is 1.54. The quantitative estimate of drug-likeness (QED) is 0.464. The van der Waals surface area contributed by atoms with E-state index in [9.17, 15) is 14.6 Å². The summed E-state index contributed by atoms with van der Waals surface area (Å²) in [6.45, 7) is -0.339. The maximum Gasteiger partial charge on any atom is 0.129 e. The van der Waals surface area contributed by atoms with Gasteiger partial charge in [-0.3, -0.25) is 0 Å². The highest BCUT2D eigenvalue weighted by atomic mass is 19.1. The first-order valence-corrected chi connectivity index (χ1v) is 4.80. The second-order valence-corrected chi connectivity index (χ2v) is 3.31. The molecule has 0 aliphatic heterocycles. The van der Waals surface area contributed by atoms with Gasteiger partial charge in [-0.1, -0.05) is 5.11 Å². The van der Waals surface area contributed by atoms with Gasteiger partial charge in [0.05, 0.1) is 19.8 Å².